The average molecular weight is 456 g/mol. The molecule has 0 spiro atoms. The Morgan fingerprint density at radius 3 is 2.79 bits per heavy atom. The Morgan fingerprint density at radius 2 is 1.97 bits per heavy atom. The van der Waals surface area contributed by atoms with Crippen molar-refractivity contribution in [2.24, 2.45) is 4.99 Å². The number of urea groups is 1. The van der Waals surface area contributed by atoms with Crippen molar-refractivity contribution in [3.63, 3.8) is 0 Å². The van der Waals surface area contributed by atoms with Gasteiger partial charge in [-0.3, -0.25) is 15.1 Å². The van der Waals surface area contributed by atoms with Gasteiger partial charge in [0.05, 0.1) is 22.5 Å². The van der Waals surface area contributed by atoms with Crippen LogP contribution in [0.3, 0.4) is 0 Å². The molecule has 1 aliphatic heterocycles. The van der Waals surface area contributed by atoms with E-state index >= 15 is 0 Å². The normalized spacial score (nSPS) is 12.4. The Morgan fingerprint density at radius 1 is 1.15 bits per heavy atom. The zero-order valence-corrected chi connectivity index (χ0v) is 18.4. The molecule has 2 aromatic carbocycles. The Hall–Kier alpha value is -4.40. The minimum atomic E-state index is -0.405. The number of nitrogens with zero attached hydrogens (tertiary/aromatic N) is 3. The summed E-state index contributed by atoms with van der Waals surface area (Å²) in [6, 6.07) is 13.5. The van der Waals surface area contributed by atoms with Crippen molar-refractivity contribution >= 4 is 28.3 Å². The first-order valence-electron chi connectivity index (χ1n) is 10.9. The highest BCUT2D eigenvalue weighted by molar-refractivity contribution is 6.02. The highest BCUT2D eigenvalue weighted by atomic mass is 19.1. The van der Waals surface area contributed by atoms with Crippen molar-refractivity contribution in [2.75, 3.05) is 6.54 Å². The highest BCUT2D eigenvalue weighted by Crippen LogP contribution is 2.31. The molecule has 0 unspecified atom stereocenters. The molecule has 0 bridgehead atoms. The van der Waals surface area contributed by atoms with Gasteiger partial charge in [-0.25, -0.2) is 19.3 Å². The molecule has 1 aliphatic rings. The number of pyridine rings is 1. The number of amides is 2. The monoisotopic (exact) mass is 456 g/mol. The number of halogens is 1. The SMILES string of the molecule is CCNC(=O)NC1=Nc2cc(-c3cc(Cc4n[nH]c(=O)c5ccccc45)ccc3F)ncc2C1. The van der Waals surface area contributed by atoms with Gasteiger partial charge >= 0.3 is 6.03 Å². The quantitative estimate of drug-likeness (QED) is 0.435. The molecular weight excluding hydrogens is 435 g/mol. The maximum Gasteiger partial charge on any atom is 0.320 e. The molecule has 0 radical (unpaired) electrons. The zero-order chi connectivity index (χ0) is 23.7. The first-order chi connectivity index (χ1) is 16.5. The molecule has 0 saturated heterocycles. The van der Waals surface area contributed by atoms with Gasteiger partial charge in [-0.2, -0.15) is 5.10 Å². The van der Waals surface area contributed by atoms with Crippen LogP contribution in [0.1, 0.15) is 23.7 Å². The van der Waals surface area contributed by atoms with E-state index in [1.54, 1.807) is 36.5 Å². The fourth-order valence-electron chi connectivity index (χ4n) is 4.01. The molecule has 170 valence electrons. The lowest BCUT2D eigenvalue weighted by Crippen LogP contribution is -2.39. The number of rotatable bonds is 4. The van der Waals surface area contributed by atoms with Gasteiger partial charge in [0.25, 0.3) is 5.56 Å². The van der Waals surface area contributed by atoms with Crippen LogP contribution >= 0.6 is 0 Å². The maximum atomic E-state index is 14.8. The smallest absolute Gasteiger partial charge is 0.320 e. The van der Waals surface area contributed by atoms with Crippen molar-refractivity contribution in [3.05, 3.63) is 87.7 Å². The van der Waals surface area contributed by atoms with Crippen LogP contribution in [0.4, 0.5) is 14.9 Å². The fourth-order valence-corrected chi connectivity index (χ4v) is 4.01. The summed E-state index contributed by atoms with van der Waals surface area (Å²) in [6.07, 6.45) is 2.52. The Kier molecular flexibility index (Phi) is 5.59. The summed E-state index contributed by atoms with van der Waals surface area (Å²) in [4.78, 5) is 32.7. The van der Waals surface area contributed by atoms with Gasteiger partial charge < -0.3 is 5.32 Å². The molecule has 0 saturated carbocycles. The Bertz CT molecular complexity index is 1510. The number of amidine groups is 1. The van der Waals surface area contributed by atoms with Crippen molar-refractivity contribution in [3.8, 4) is 11.3 Å². The first-order valence-corrected chi connectivity index (χ1v) is 10.9. The Labute approximate surface area is 194 Å². The molecule has 8 nitrogen and oxygen atoms in total. The number of carbonyl (C=O) groups excluding carboxylic acids is 1. The minimum absolute atomic E-state index is 0.247. The predicted molar refractivity (Wildman–Crippen MR) is 128 cm³/mol. The highest BCUT2D eigenvalue weighted by Gasteiger charge is 2.19. The lowest BCUT2D eigenvalue weighted by Gasteiger charge is -2.09. The summed E-state index contributed by atoms with van der Waals surface area (Å²) in [5, 5.41) is 13.4. The van der Waals surface area contributed by atoms with Crippen LogP contribution in [0.2, 0.25) is 0 Å². The van der Waals surface area contributed by atoms with E-state index in [1.165, 1.54) is 6.07 Å². The molecular formula is C25H21FN6O2. The van der Waals surface area contributed by atoms with E-state index in [9.17, 15) is 14.0 Å². The van der Waals surface area contributed by atoms with Crippen LogP contribution in [0.15, 0.2) is 64.5 Å². The van der Waals surface area contributed by atoms with Crippen LogP contribution in [-0.4, -0.2) is 33.6 Å². The number of H-pyrrole nitrogens is 1. The number of aromatic nitrogens is 3. The van der Waals surface area contributed by atoms with E-state index < -0.39 is 5.82 Å². The van der Waals surface area contributed by atoms with Gasteiger partial charge in [0.2, 0.25) is 0 Å². The van der Waals surface area contributed by atoms with Gasteiger partial charge in [0.1, 0.15) is 11.7 Å². The second-order valence-electron chi connectivity index (χ2n) is 7.95. The van der Waals surface area contributed by atoms with Crippen LogP contribution in [0.5, 0.6) is 0 Å². The number of benzene rings is 2. The molecule has 3 N–H and O–H groups in total. The largest absolute Gasteiger partial charge is 0.338 e. The summed E-state index contributed by atoms with van der Waals surface area (Å²) in [5.74, 6) is 0.114. The molecule has 34 heavy (non-hydrogen) atoms. The number of hydrogen-bond acceptors (Lipinski definition) is 5. The van der Waals surface area contributed by atoms with E-state index in [0.717, 1.165) is 16.5 Å². The van der Waals surface area contributed by atoms with E-state index in [4.69, 9.17) is 0 Å². The van der Waals surface area contributed by atoms with E-state index in [2.05, 4.69) is 30.8 Å². The molecule has 4 aromatic rings. The molecule has 2 amide bonds. The zero-order valence-electron chi connectivity index (χ0n) is 18.4. The van der Waals surface area contributed by atoms with Crippen LogP contribution in [0, 0.1) is 5.82 Å². The molecule has 2 aromatic heterocycles. The van der Waals surface area contributed by atoms with Crippen LogP contribution in [0.25, 0.3) is 22.0 Å². The van der Waals surface area contributed by atoms with Gasteiger partial charge in [0.15, 0.2) is 0 Å². The topological polar surface area (TPSA) is 112 Å². The first kappa shape index (κ1) is 21.4. The van der Waals surface area contributed by atoms with E-state index in [1.807, 2.05) is 19.1 Å². The lowest BCUT2D eigenvalue weighted by atomic mass is 10.0. The standard InChI is InChI=1S/C25H21FN6O2/c1-2-27-25(34)30-23-11-15-13-28-21(12-20(15)29-23)18-9-14(7-8-19(18)26)10-22-16-5-3-4-6-17(16)24(33)32-31-22/h3-9,12-13H,2,10-11H2,1H3,(H,32,33)(H2,27,29,30,34). The maximum absolute atomic E-state index is 14.8. The number of aromatic amines is 1. The van der Waals surface area contributed by atoms with Crippen LogP contribution in [-0.2, 0) is 12.8 Å². The summed E-state index contributed by atoms with van der Waals surface area (Å²) in [6.45, 7) is 2.34. The Balaban J connectivity index is 1.45. The lowest BCUT2D eigenvalue weighted by molar-refractivity contribution is 0.245. The van der Waals surface area contributed by atoms with Crippen molar-refractivity contribution in [2.45, 2.75) is 19.8 Å². The number of aliphatic imine (C=N–C) groups is 1. The van der Waals surface area contributed by atoms with Gasteiger partial charge in [-0.15, -0.1) is 0 Å². The van der Waals surface area contributed by atoms with E-state index in [0.29, 0.717) is 53.2 Å². The summed E-state index contributed by atoms with van der Waals surface area (Å²) in [7, 11) is 0. The molecule has 0 fully saturated rings. The van der Waals surface area contributed by atoms with Crippen molar-refractivity contribution < 1.29 is 9.18 Å². The molecule has 5 rings (SSSR count). The van der Waals surface area contributed by atoms with Crippen LogP contribution < -0.4 is 16.2 Å². The summed E-state index contributed by atoms with van der Waals surface area (Å²) >= 11 is 0. The van der Waals surface area contributed by atoms with Gasteiger partial charge in [-0.1, -0.05) is 24.3 Å². The van der Waals surface area contributed by atoms with E-state index in [-0.39, 0.29) is 11.6 Å². The summed E-state index contributed by atoms with van der Waals surface area (Å²) in [5.41, 5.74) is 3.56. The number of fused-ring (bicyclic) bond motifs is 2. The van der Waals surface area contributed by atoms with Crippen molar-refractivity contribution in [1.82, 2.24) is 25.8 Å². The third-order valence-electron chi connectivity index (χ3n) is 5.62. The number of nitrogens with one attached hydrogen (secondary N) is 3. The molecule has 9 heteroatoms. The molecule has 0 atom stereocenters. The molecule has 0 aliphatic carbocycles. The minimum Gasteiger partial charge on any atom is -0.338 e. The average Bonchev–Trinajstić information content (AvgIpc) is 3.23. The fraction of sp³-hybridized carbons (Fsp3) is 0.160. The van der Waals surface area contributed by atoms with Gasteiger partial charge in [-0.05, 0) is 36.8 Å². The van der Waals surface area contributed by atoms with Gasteiger partial charge in [0, 0.05) is 42.1 Å². The third kappa shape index (κ3) is 4.15. The van der Waals surface area contributed by atoms with Crippen molar-refractivity contribution in [1.29, 1.82) is 0 Å². The number of hydrogen-bond donors (Lipinski definition) is 3. The second kappa shape index (κ2) is 8.86. The number of carbonyl (C=O) groups is 1. The third-order valence-corrected chi connectivity index (χ3v) is 5.62. The second-order valence-corrected chi connectivity index (χ2v) is 7.95. The summed E-state index contributed by atoms with van der Waals surface area (Å²) < 4.78 is 14.8. The molecule has 3 heterocycles. The predicted octanol–water partition coefficient (Wildman–Crippen LogP) is 3.62.